The molecular weight excluding hydrogens is 288 g/mol. The van der Waals surface area contributed by atoms with Gasteiger partial charge in [0.1, 0.15) is 5.82 Å². The molecule has 0 radical (unpaired) electrons. The van der Waals surface area contributed by atoms with Crippen LogP contribution in [-0.2, 0) is 18.3 Å². The monoisotopic (exact) mass is 310 g/mol. The number of rotatable bonds is 5. The molecule has 0 aromatic carbocycles. The molecule has 0 fully saturated rings. The Morgan fingerprint density at radius 2 is 1.95 bits per heavy atom. The summed E-state index contributed by atoms with van der Waals surface area (Å²) < 4.78 is 4.40. The van der Waals surface area contributed by atoms with Gasteiger partial charge in [-0.3, -0.25) is 0 Å². The van der Waals surface area contributed by atoms with E-state index in [4.69, 9.17) is 0 Å². The van der Waals surface area contributed by atoms with Crippen molar-refractivity contribution >= 4 is 28.0 Å². The minimum Gasteiger partial charge on any atom is -0.360 e. The van der Waals surface area contributed by atoms with Crippen molar-refractivity contribution < 1.29 is 0 Å². The van der Waals surface area contributed by atoms with Crippen molar-refractivity contribution in [1.82, 2.24) is 14.3 Å². The Morgan fingerprint density at radius 3 is 2.50 bits per heavy atom. The molecule has 0 saturated heterocycles. The van der Waals surface area contributed by atoms with E-state index in [2.05, 4.69) is 54.3 Å². The minimum absolute atomic E-state index is 0.0128. The van der Waals surface area contributed by atoms with Crippen molar-refractivity contribution in [3.8, 4) is 0 Å². The molecule has 0 aliphatic carbocycles. The number of hydrogen-bond donors (Lipinski definition) is 1. The van der Waals surface area contributed by atoms with Gasteiger partial charge in [-0.05, 0) is 13.3 Å². The maximum atomic E-state index is 4.65. The first kappa shape index (κ1) is 15.4. The first-order chi connectivity index (χ1) is 9.40. The molecule has 0 saturated carbocycles. The van der Waals surface area contributed by atoms with Crippen LogP contribution in [0.2, 0.25) is 0 Å². The van der Waals surface area contributed by atoms with E-state index < -0.39 is 0 Å². The smallest absolute Gasteiger partial charge is 0.202 e. The summed E-state index contributed by atoms with van der Waals surface area (Å²) in [6.07, 6.45) is 1.96. The Hall–Kier alpha value is -1.01. The Kier molecular flexibility index (Phi) is 4.75. The fourth-order valence-corrected chi connectivity index (χ4v) is 3.60. The fraction of sp³-hybridized carbons (Fsp3) is 0.643. The van der Waals surface area contributed by atoms with Gasteiger partial charge in [-0.25, -0.2) is 9.97 Å². The molecule has 20 heavy (non-hydrogen) atoms. The molecule has 2 rings (SSSR count). The van der Waals surface area contributed by atoms with Gasteiger partial charge in [-0.15, -0.1) is 11.3 Å². The van der Waals surface area contributed by atoms with Crippen LogP contribution >= 0.6 is 22.9 Å². The van der Waals surface area contributed by atoms with E-state index >= 15 is 0 Å². The summed E-state index contributed by atoms with van der Waals surface area (Å²) in [6.45, 7) is 11.5. The number of aryl methyl sites for hydroxylation is 2. The van der Waals surface area contributed by atoms with Crippen LogP contribution in [0.4, 0.5) is 5.13 Å². The lowest BCUT2D eigenvalue weighted by atomic mass is 9.96. The highest BCUT2D eigenvalue weighted by Gasteiger charge is 2.19. The predicted octanol–water partition coefficient (Wildman–Crippen LogP) is 3.82. The molecule has 0 spiro atoms. The standard InChI is InChI=1S/C14H22N4S2/c1-6-10-9(2)19-11(16-10)7-8-15-13-17-12(18-20-13)14(3,4)5/h6-8H2,1-5H3,(H,15,17,18). The molecule has 2 heterocycles. The Bertz CT molecular complexity index is 566. The van der Waals surface area contributed by atoms with Crippen LogP contribution in [0, 0.1) is 6.92 Å². The Labute approximate surface area is 128 Å². The second-order valence-electron chi connectivity index (χ2n) is 5.81. The van der Waals surface area contributed by atoms with Crippen LogP contribution in [0.1, 0.15) is 49.1 Å². The van der Waals surface area contributed by atoms with Crippen LogP contribution in [0.25, 0.3) is 0 Å². The topological polar surface area (TPSA) is 50.7 Å². The highest BCUT2D eigenvalue weighted by Crippen LogP contribution is 2.23. The number of hydrogen-bond acceptors (Lipinski definition) is 6. The van der Waals surface area contributed by atoms with Crippen LogP contribution in [0.5, 0.6) is 0 Å². The molecule has 0 atom stereocenters. The molecule has 6 heteroatoms. The lowest BCUT2D eigenvalue weighted by molar-refractivity contribution is 0.555. The Morgan fingerprint density at radius 1 is 1.20 bits per heavy atom. The zero-order valence-corrected chi connectivity index (χ0v) is 14.4. The molecule has 110 valence electrons. The van der Waals surface area contributed by atoms with E-state index in [1.807, 2.05) is 0 Å². The third kappa shape index (κ3) is 3.76. The first-order valence-corrected chi connectivity index (χ1v) is 8.52. The zero-order valence-electron chi connectivity index (χ0n) is 12.8. The molecule has 1 N–H and O–H groups in total. The maximum Gasteiger partial charge on any atom is 0.202 e. The van der Waals surface area contributed by atoms with Gasteiger partial charge in [-0.1, -0.05) is 27.7 Å². The van der Waals surface area contributed by atoms with Gasteiger partial charge in [0, 0.05) is 34.8 Å². The van der Waals surface area contributed by atoms with E-state index in [-0.39, 0.29) is 5.41 Å². The summed E-state index contributed by atoms with van der Waals surface area (Å²) in [5.41, 5.74) is 1.25. The second-order valence-corrected chi connectivity index (χ2v) is 7.85. The van der Waals surface area contributed by atoms with Crippen LogP contribution in [0.3, 0.4) is 0 Å². The summed E-state index contributed by atoms with van der Waals surface area (Å²) in [6, 6.07) is 0. The van der Waals surface area contributed by atoms with E-state index in [0.717, 1.165) is 30.3 Å². The SMILES string of the molecule is CCc1nc(CCNc2nc(C(C)(C)C)ns2)sc1C. The molecule has 2 aromatic heterocycles. The quantitative estimate of drug-likeness (QED) is 0.912. The van der Waals surface area contributed by atoms with Crippen molar-refractivity contribution in [3.05, 3.63) is 21.4 Å². The van der Waals surface area contributed by atoms with Gasteiger partial charge in [0.2, 0.25) is 5.13 Å². The van der Waals surface area contributed by atoms with Gasteiger partial charge in [0.25, 0.3) is 0 Å². The van der Waals surface area contributed by atoms with E-state index in [1.165, 1.54) is 27.1 Å². The van der Waals surface area contributed by atoms with Gasteiger partial charge in [0.05, 0.1) is 10.7 Å². The number of thiazole rings is 1. The molecule has 0 amide bonds. The fourth-order valence-electron chi connectivity index (χ4n) is 1.80. The van der Waals surface area contributed by atoms with Crippen molar-refractivity contribution in [2.24, 2.45) is 0 Å². The van der Waals surface area contributed by atoms with E-state index in [0.29, 0.717) is 0 Å². The number of nitrogens with zero attached hydrogens (tertiary/aromatic N) is 3. The molecule has 0 aliphatic rings. The van der Waals surface area contributed by atoms with Gasteiger partial charge in [0.15, 0.2) is 0 Å². The molecular formula is C14H22N4S2. The van der Waals surface area contributed by atoms with Crippen LogP contribution in [0.15, 0.2) is 0 Å². The van der Waals surface area contributed by atoms with Crippen molar-refractivity contribution in [2.45, 2.75) is 52.9 Å². The normalized spacial score (nSPS) is 11.8. The number of anilines is 1. The lowest BCUT2D eigenvalue weighted by Crippen LogP contribution is -2.13. The minimum atomic E-state index is 0.0128. The number of nitrogens with one attached hydrogen (secondary N) is 1. The van der Waals surface area contributed by atoms with E-state index in [1.54, 1.807) is 11.3 Å². The summed E-state index contributed by atoms with van der Waals surface area (Å²) >= 11 is 3.23. The summed E-state index contributed by atoms with van der Waals surface area (Å²) in [7, 11) is 0. The van der Waals surface area contributed by atoms with Crippen LogP contribution in [-0.4, -0.2) is 20.9 Å². The molecule has 2 aromatic rings. The summed E-state index contributed by atoms with van der Waals surface area (Å²) in [4.78, 5) is 10.5. The van der Waals surface area contributed by atoms with Crippen LogP contribution < -0.4 is 5.32 Å². The highest BCUT2D eigenvalue weighted by atomic mass is 32.1. The lowest BCUT2D eigenvalue weighted by Gasteiger charge is -2.12. The van der Waals surface area contributed by atoms with Gasteiger partial charge < -0.3 is 5.32 Å². The molecule has 0 bridgehead atoms. The molecule has 0 aliphatic heterocycles. The summed E-state index contributed by atoms with van der Waals surface area (Å²) in [5.74, 6) is 0.906. The van der Waals surface area contributed by atoms with Gasteiger partial charge in [-0.2, -0.15) is 4.37 Å². The summed E-state index contributed by atoms with van der Waals surface area (Å²) in [5, 5.41) is 5.45. The number of aromatic nitrogens is 3. The Balaban J connectivity index is 1.88. The third-order valence-electron chi connectivity index (χ3n) is 2.98. The van der Waals surface area contributed by atoms with Crippen molar-refractivity contribution in [2.75, 3.05) is 11.9 Å². The van der Waals surface area contributed by atoms with Gasteiger partial charge >= 0.3 is 0 Å². The zero-order chi connectivity index (χ0) is 14.8. The van der Waals surface area contributed by atoms with E-state index in [9.17, 15) is 0 Å². The third-order valence-corrected chi connectivity index (χ3v) is 4.73. The largest absolute Gasteiger partial charge is 0.360 e. The predicted molar refractivity (Wildman–Crippen MR) is 87.0 cm³/mol. The average molecular weight is 310 g/mol. The highest BCUT2D eigenvalue weighted by molar-refractivity contribution is 7.11. The molecule has 4 nitrogen and oxygen atoms in total. The second kappa shape index (κ2) is 6.18. The van der Waals surface area contributed by atoms with Crippen molar-refractivity contribution in [1.29, 1.82) is 0 Å². The molecule has 0 unspecified atom stereocenters. The van der Waals surface area contributed by atoms with Crippen molar-refractivity contribution in [3.63, 3.8) is 0 Å². The maximum absolute atomic E-state index is 4.65. The first-order valence-electron chi connectivity index (χ1n) is 6.93. The average Bonchev–Trinajstić information content (AvgIpc) is 2.95.